The number of nitrogens with zero attached hydrogens (tertiary/aromatic N) is 1. The molecule has 1 aliphatic rings. The molecule has 0 radical (unpaired) electrons. The molecule has 1 fully saturated rings. The normalized spacial score (nSPS) is 17.8. The number of hydrogen-bond acceptors (Lipinski definition) is 3. The Labute approximate surface area is 75.4 Å². The van der Waals surface area contributed by atoms with Gasteiger partial charge < -0.3 is 9.64 Å². The summed E-state index contributed by atoms with van der Waals surface area (Å²) in [5.74, 6) is 0.199. The number of ketones is 1. The SMILES string of the molecule is O=C1CCN(C(=O)OCCl)CC1. The summed E-state index contributed by atoms with van der Waals surface area (Å²) in [5, 5.41) is 0. The van der Waals surface area contributed by atoms with E-state index in [-0.39, 0.29) is 11.8 Å². The van der Waals surface area contributed by atoms with Gasteiger partial charge in [-0.2, -0.15) is 0 Å². The highest BCUT2D eigenvalue weighted by atomic mass is 35.5. The Morgan fingerprint density at radius 1 is 1.50 bits per heavy atom. The Balaban J connectivity index is 2.33. The topological polar surface area (TPSA) is 46.6 Å². The third-order valence-electron chi connectivity index (χ3n) is 1.76. The zero-order valence-electron chi connectivity index (χ0n) is 6.59. The summed E-state index contributed by atoms with van der Waals surface area (Å²) in [4.78, 5) is 23.3. The van der Waals surface area contributed by atoms with Crippen LogP contribution >= 0.6 is 11.6 Å². The zero-order valence-corrected chi connectivity index (χ0v) is 7.34. The zero-order chi connectivity index (χ0) is 8.97. The lowest BCUT2D eigenvalue weighted by atomic mass is 10.1. The van der Waals surface area contributed by atoms with Crippen molar-refractivity contribution in [3.05, 3.63) is 0 Å². The molecule has 0 aromatic heterocycles. The molecule has 1 saturated heterocycles. The lowest BCUT2D eigenvalue weighted by molar-refractivity contribution is -0.121. The van der Waals surface area contributed by atoms with Crippen LogP contribution in [0.15, 0.2) is 0 Å². The average Bonchev–Trinajstić information content (AvgIpc) is 2.06. The Morgan fingerprint density at radius 3 is 2.58 bits per heavy atom. The molecule has 0 bridgehead atoms. The van der Waals surface area contributed by atoms with Gasteiger partial charge in [0.1, 0.15) is 5.78 Å². The second kappa shape index (κ2) is 4.30. The molecule has 4 nitrogen and oxygen atoms in total. The molecule has 0 unspecified atom stereocenters. The van der Waals surface area contributed by atoms with Gasteiger partial charge in [-0.25, -0.2) is 4.79 Å². The Kier molecular flexibility index (Phi) is 3.34. The first-order chi connectivity index (χ1) is 5.74. The standard InChI is InChI=1S/C7H10ClNO3/c8-5-12-7(11)9-3-1-6(10)2-4-9/h1-5H2. The molecule has 12 heavy (non-hydrogen) atoms. The van der Waals surface area contributed by atoms with E-state index < -0.39 is 6.09 Å². The van der Waals surface area contributed by atoms with Crippen molar-refractivity contribution in [2.24, 2.45) is 0 Å². The largest absolute Gasteiger partial charge is 0.433 e. The van der Waals surface area contributed by atoms with Crippen LogP contribution in [0.25, 0.3) is 0 Å². The minimum absolute atomic E-state index is 0.136. The minimum atomic E-state index is -0.433. The molecular weight excluding hydrogens is 182 g/mol. The predicted molar refractivity (Wildman–Crippen MR) is 43.0 cm³/mol. The fourth-order valence-corrected chi connectivity index (χ4v) is 1.17. The maximum Gasteiger partial charge on any atom is 0.410 e. The number of rotatable bonds is 1. The number of carbonyl (C=O) groups excluding carboxylic acids is 2. The molecule has 1 rings (SSSR count). The number of likely N-dealkylation sites (tertiary alicyclic amines) is 1. The van der Waals surface area contributed by atoms with E-state index in [1.54, 1.807) is 0 Å². The van der Waals surface area contributed by atoms with Crippen molar-refractivity contribution >= 4 is 23.5 Å². The number of amides is 1. The van der Waals surface area contributed by atoms with Gasteiger partial charge in [-0.1, -0.05) is 11.6 Å². The number of carbonyl (C=O) groups is 2. The van der Waals surface area contributed by atoms with Crippen LogP contribution in [0.1, 0.15) is 12.8 Å². The highest BCUT2D eigenvalue weighted by Crippen LogP contribution is 2.07. The number of ether oxygens (including phenoxy) is 1. The summed E-state index contributed by atoms with van der Waals surface area (Å²) in [6.07, 6.45) is 0.423. The van der Waals surface area contributed by atoms with Gasteiger partial charge >= 0.3 is 6.09 Å². The maximum atomic E-state index is 11.0. The van der Waals surface area contributed by atoms with Crippen LogP contribution < -0.4 is 0 Å². The monoisotopic (exact) mass is 191 g/mol. The van der Waals surface area contributed by atoms with E-state index in [4.69, 9.17) is 11.6 Å². The number of Topliss-reactive ketones (excluding diaryl/α,β-unsaturated/α-hetero) is 1. The molecule has 1 amide bonds. The van der Waals surface area contributed by atoms with Gasteiger partial charge in [0.05, 0.1) is 0 Å². The minimum Gasteiger partial charge on any atom is -0.433 e. The van der Waals surface area contributed by atoms with Crippen LogP contribution in [-0.2, 0) is 9.53 Å². The van der Waals surface area contributed by atoms with E-state index in [9.17, 15) is 9.59 Å². The van der Waals surface area contributed by atoms with Gasteiger partial charge in [0.15, 0.2) is 6.07 Å². The van der Waals surface area contributed by atoms with Crippen molar-refractivity contribution in [2.45, 2.75) is 12.8 Å². The van der Waals surface area contributed by atoms with Crippen molar-refractivity contribution in [3.63, 3.8) is 0 Å². The van der Waals surface area contributed by atoms with Gasteiger partial charge in [-0.05, 0) is 0 Å². The van der Waals surface area contributed by atoms with Gasteiger partial charge in [-0.15, -0.1) is 0 Å². The fourth-order valence-electron chi connectivity index (χ4n) is 1.08. The number of piperidine rings is 1. The molecule has 0 spiro atoms. The Hall–Kier alpha value is -0.770. The number of hydrogen-bond donors (Lipinski definition) is 0. The maximum absolute atomic E-state index is 11.0. The Bertz CT molecular complexity index is 185. The summed E-state index contributed by atoms with van der Waals surface area (Å²) < 4.78 is 4.56. The molecule has 68 valence electrons. The molecule has 0 saturated carbocycles. The average molecular weight is 192 g/mol. The van der Waals surface area contributed by atoms with Gasteiger partial charge in [0, 0.05) is 25.9 Å². The Morgan fingerprint density at radius 2 is 2.08 bits per heavy atom. The smallest absolute Gasteiger partial charge is 0.410 e. The number of alkyl halides is 1. The summed E-state index contributed by atoms with van der Waals surface area (Å²) >= 11 is 5.21. The van der Waals surface area contributed by atoms with Crippen molar-refractivity contribution in [3.8, 4) is 0 Å². The summed E-state index contributed by atoms with van der Waals surface area (Å²) in [5.41, 5.74) is 0. The van der Waals surface area contributed by atoms with Crippen molar-refractivity contribution in [2.75, 3.05) is 19.2 Å². The van der Waals surface area contributed by atoms with E-state index in [0.717, 1.165) is 0 Å². The molecular formula is C7H10ClNO3. The quantitative estimate of drug-likeness (QED) is 0.581. The molecule has 0 aromatic carbocycles. The molecule has 5 heteroatoms. The molecule has 0 aromatic rings. The summed E-state index contributed by atoms with van der Waals surface area (Å²) in [6.45, 7) is 0.906. The molecule has 0 N–H and O–H groups in total. The van der Waals surface area contributed by atoms with Crippen LogP contribution in [0.2, 0.25) is 0 Å². The van der Waals surface area contributed by atoms with Gasteiger partial charge in [-0.3, -0.25) is 4.79 Å². The molecule has 0 atom stereocenters. The first kappa shape index (κ1) is 9.32. The third-order valence-corrected chi connectivity index (χ3v) is 1.87. The predicted octanol–water partition coefficient (Wildman–Crippen LogP) is 0.984. The van der Waals surface area contributed by atoms with Crippen LogP contribution in [0.5, 0.6) is 0 Å². The van der Waals surface area contributed by atoms with Crippen LogP contribution in [0.4, 0.5) is 4.79 Å². The van der Waals surface area contributed by atoms with E-state index in [0.29, 0.717) is 25.9 Å². The second-order valence-corrected chi connectivity index (χ2v) is 2.76. The fraction of sp³-hybridized carbons (Fsp3) is 0.714. The van der Waals surface area contributed by atoms with E-state index >= 15 is 0 Å². The van der Waals surface area contributed by atoms with Crippen LogP contribution in [0, 0.1) is 0 Å². The lowest BCUT2D eigenvalue weighted by Gasteiger charge is -2.24. The second-order valence-electron chi connectivity index (χ2n) is 2.55. The van der Waals surface area contributed by atoms with Crippen LogP contribution in [-0.4, -0.2) is 35.9 Å². The van der Waals surface area contributed by atoms with Crippen molar-refractivity contribution in [1.82, 2.24) is 4.90 Å². The highest BCUT2D eigenvalue weighted by Gasteiger charge is 2.21. The van der Waals surface area contributed by atoms with Gasteiger partial charge in [0.25, 0.3) is 0 Å². The molecule has 0 aliphatic carbocycles. The van der Waals surface area contributed by atoms with E-state index in [1.807, 2.05) is 0 Å². The highest BCUT2D eigenvalue weighted by molar-refractivity contribution is 6.17. The number of halogens is 1. The first-order valence-electron chi connectivity index (χ1n) is 3.73. The van der Waals surface area contributed by atoms with Crippen molar-refractivity contribution < 1.29 is 14.3 Å². The lowest BCUT2D eigenvalue weighted by Crippen LogP contribution is -2.38. The van der Waals surface area contributed by atoms with Crippen LogP contribution in [0.3, 0.4) is 0 Å². The third kappa shape index (κ3) is 2.37. The molecule has 1 aliphatic heterocycles. The molecule has 1 heterocycles. The summed E-state index contributed by atoms with van der Waals surface area (Å²) in [7, 11) is 0. The van der Waals surface area contributed by atoms with E-state index in [2.05, 4.69) is 4.74 Å². The van der Waals surface area contributed by atoms with Crippen molar-refractivity contribution in [1.29, 1.82) is 0 Å². The van der Waals surface area contributed by atoms with E-state index in [1.165, 1.54) is 4.90 Å². The first-order valence-corrected chi connectivity index (χ1v) is 4.27. The summed E-state index contributed by atoms with van der Waals surface area (Å²) in [6, 6.07) is -0.136. The van der Waals surface area contributed by atoms with Gasteiger partial charge in [0.2, 0.25) is 0 Å².